The van der Waals surface area contributed by atoms with Gasteiger partial charge >= 0.3 is 0 Å². The Morgan fingerprint density at radius 1 is 0.594 bits per heavy atom. The fourth-order valence-corrected chi connectivity index (χ4v) is 3.13. The topological polar surface area (TPSA) is 112 Å². The summed E-state index contributed by atoms with van der Waals surface area (Å²) in [6, 6.07) is 8.48. The number of methoxy groups -OCH3 is 5. The lowest BCUT2D eigenvalue weighted by atomic mass is 10.1. The molecule has 168 valence electrons. The summed E-state index contributed by atoms with van der Waals surface area (Å²) in [4.78, 5) is 30.5. The van der Waals surface area contributed by atoms with Crippen molar-refractivity contribution >= 4 is 12.2 Å². The van der Waals surface area contributed by atoms with E-state index in [-0.39, 0.29) is 10.7 Å². The summed E-state index contributed by atoms with van der Waals surface area (Å²) >= 11 is 0. The van der Waals surface area contributed by atoms with Crippen LogP contribution in [0.3, 0.4) is 0 Å². The molecule has 1 aromatic heterocycles. The smallest absolute Gasteiger partial charge is 0.272 e. The van der Waals surface area contributed by atoms with Gasteiger partial charge in [0, 0.05) is 6.07 Å². The SMILES string of the molecule is COc1cc(/C=c2\[nH]c(=O)/c(=C/c3cc(OC)c(OC)c(OC)c3)[nH]c2=O)cc(OC)c1. The van der Waals surface area contributed by atoms with Crippen LogP contribution in [0.2, 0.25) is 0 Å². The molecule has 0 saturated carbocycles. The van der Waals surface area contributed by atoms with Crippen LogP contribution in [0, 0.1) is 0 Å². The van der Waals surface area contributed by atoms with E-state index in [1.54, 1.807) is 30.3 Å². The van der Waals surface area contributed by atoms with Gasteiger partial charge in [0.2, 0.25) is 5.75 Å². The van der Waals surface area contributed by atoms with Gasteiger partial charge in [-0.25, -0.2) is 0 Å². The highest BCUT2D eigenvalue weighted by atomic mass is 16.5. The minimum Gasteiger partial charge on any atom is -0.497 e. The van der Waals surface area contributed by atoms with E-state index < -0.39 is 11.1 Å². The van der Waals surface area contributed by atoms with Gasteiger partial charge in [0.05, 0.1) is 35.5 Å². The summed E-state index contributed by atoms with van der Waals surface area (Å²) in [5.41, 5.74) is 0.267. The molecule has 1 heterocycles. The lowest BCUT2D eigenvalue weighted by Gasteiger charge is -2.12. The number of ether oxygens (including phenoxy) is 5. The molecule has 3 aromatic rings. The van der Waals surface area contributed by atoms with E-state index in [1.165, 1.54) is 47.7 Å². The third-order valence-electron chi connectivity index (χ3n) is 4.67. The zero-order valence-electron chi connectivity index (χ0n) is 18.4. The van der Waals surface area contributed by atoms with Crippen LogP contribution in [0.15, 0.2) is 39.9 Å². The normalized spacial score (nSPS) is 11.9. The predicted octanol–water partition coefficient (Wildman–Crippen LogP) is 0.764. The molecule has 0 spiro atoms. The van der Waals surface area contributed by atoms with Crippen LogP contribution in [0.25, 0.3) is 12.2 Å². The van der Waals surface area contributed by atoms with Crippen LogP contribution < -0.4 is 45.5 Å². The summed E-state index contributed by atoms with van der Waals surface area (Å²) in [5.74, 6) is 2.39. The quantitative estimate of drug-likeness (QED) is 0.558. The van der Waals surface area contributed by atoms with Crippen molar-refractivity contribution in [1.82, 2.24) is 9.97 Å². The maximum atomic E-state index is 12.7. The van der Waals surface area contributed by atoms with Gasteiger partial charge in [0.1, 0.15) is 22.2 Å². The minimum atomic E-state index is -0.473. The average molecular weight is 440 g/mol. The van der Waals surface area contributed by atoms with E-state index in [4.69, 9.17) is 23.7 Å². The van der Waals surface area contributed by atoms with E-state index in [1.807, 2.05) is 0 Å². The Morgan fingerprint density at radius 2 is 1.03 bits per heavy atom. The van der Waals surface area contributed by atoms with Crippen LogP contribution in [0.1, 0.15) is 11.1 Å². The molecule has 0 radical (unpaired) electrons. The van der Waals surface area contributed by atoms with E-state index in [2.05, 4.69) is 9.97 Å². The molecular formula is C23H24N2O7. The first-order chi connectivity index (χ1) is 15.4. The van der Waals surface area contributed by atoms with Gasteiger partial charge in [-0.2, -0.15) is 0 Å². The zero-order chi connectivity index (χ0) is 23.3. The maximum Gasteiger partial charge on any atom is 0.272 e. The van der Waals surface area contributed by atoms with E-state index in [9.17, 15) is 9.59 Å². The molecule has 0 aliphatic carbocycles. The zero-order valence-corrected chi connectivity index (χ0v) is 18.4. The molecule has 0 saturated heterocycles. The Balaban J connectivity index is 2.13. The van der Waals surface area contributed by atoms with Crippen molar-refractivity contribution in [2.24, 2.45) is 0 Å². The average Bonchev–Trinajstić information content (AvgIpc) is 2.81. The number of rotatable bonds is 7. The summed E-state index contributed by atoms with van der Waals surface area (Å²) in [7, 11) is 7.54. The molecule has 0 fully saturated rings. The maximum absolute atomic E-state index is 12.7. The molecule has 9 heteroatoms. The van der Waals surface area contributed by atoms with Crippen molar-refractivity contribution in [3.05, 3.63) is 72.9 Å². The van der Waals surface area contributed by atoms with Crippen molar-refractivity contribution in [2.75, 3.05) is 35.5 Å². The van der Waals surface area contributed by atoms with E-state index in [0.717, 1.165) is 0 Å². The van der Waals surface area contributed by atoms with Crippen molar-refractivity contribution in [2.45, 2.75) is 0 Å². The lowest BCUT2D eigenvalue weighted by molar-refractivity contribution is 0.324. The van der Waals surface area contributed by atoms with Crippen molar-refractivity contribution in [3.63, 3.8) is 0 Å². The Morgan fingerprint density at radius 3 is 1.41 bits per heavy atom. The van der Waals surface area contributed by atoms with Gasteiger partial charge < -0.3 is 33.7 Å². The molecule has 32 heavy (non-hydrogen) atoms. The standard InChI is InChI=1S/C23H24N2O7/c1-28-15-6-13(7-16(12-15)29-2)8-17-22(26)25-18(23(27)24-17)9-14-10-19(30-3)21(32-5)20(11-14)31-4/h6-12H,1-5H3,(H,24,27)(H,25,26)/b17-8-,18-9-. The van der Waals surface area contributed by atoms with Crippen LogP contribution in [0.5, 0.6) is 28.7 Å². The number of aromatic nitrogens is 2. The van der Waals surface area contributed by atoms with Crippen LogP contribution in [-0.4, -0.2) is 45.5 Å². The molecule has 0 aliphatic heterocycles. The van der Waals surface area contributed by atoms with Gasteiger partial charge in [-0.3, -0.25) is 9.59 Å². The number of aromatic amines is 2. The Kier molecular flexibility index (Phi) is 6.89. The predicted molar refractivity (Wildman–Crippen MR) is 120 cm³/mol. The molecule has 0 amide bonds. The third-order valence-corrected chi connectivity index (χ3v) is 4.67. The lowest BCUT2D eigenvalue weighted by Crippen LogP contribution is -2.46. The third kappa shape index (κ3) is 4.77. The van der Waals surface area contributed by atoms with Crippen molar-refractivity contribution < 1.29 is 23.7 Å². The highest BCUT2D eigenvalue weighted by Crippen LogP contribution is 2.38. The second-order valence-corrected chi connectivity index (χ2v) is 6.63. The van der Waals surface area contributed by atoms with Gasteiger partial charge in [-0.1, -0.05) is 0 Å². The van der Waals surface area contributed by atoms with E-state index >= 15 is 0 Å². The molecule has 0 unspecified atom stereocenters. The first-order valence-corrected chi connectivity index (χ1v) is 9.51. The minimum absolute atomic E-state index is 0.0737. The van der Waals surface area contributed by atoms with Gasteiger partial charge in [0.15, 0.2) is 11.5 Å². The number of nitrogens with one attached hydrogen (secondary N) is 2. The highest BCUT2D eigenvalue weighted by molar-refractivity contribution is 5.61. The first kappa shape index (κ1) is 22.5. The van der Waals surface area contributed by atoms with Gasteiger partial charge in [-0.15, -0.1) is 0 Å². The Hall–Kier alpha value is -4.14. The molecule has 0 atom stereocenters. The number of hydrogen-bond acceptors (Lipinski definition) is 7. The number of hydrogen-bond donors (Lipinski definition) is 2. The summed E-state index contributed by atoms with van der Waals surface area (Å²) in [5, 5.41) is 0.164. The largest absolute Gasteiger partial charge is 0.497 e. The molecule has 2 N–H and O–H groups in total. The second kappa shape index (κ2) is 9.78. The van der Waals surface area contributed by atoms with E-state index in [0.29, 0.717) is 39.9 Å². The van der Waals surface area contributed by atoms with Crippen LogP contribution in [0.4, 0.5) is 0 Å². The Bertz CT molecular complexity index is 1310. The van der Waals surface area contributed by atoms with Gasteiger partial charge in [0.25, 0.3) is 11.1 Å². The second-order valence-electron chi connectivity index (χ2n) is 6.63. The summed E-state index contributed by atoms with van der Waals surface area (Å²) in [6.45, 7) is 0. The molecule has 3 rings (SSSR count). The number of H-pyrrole nitrogens is 2. The molecule has 0 bridgehead atoms. The Labute approximate surface area is 183 Å². The van der Waals surface area contributed by atoms with Crippen molar-refractivity contribution in [1.29, 1.82) is 0 Å². The molecule has 9 nitrogen and oxygen atoms in total. The van der Waals surface area contributed by atoms with Crippen LogP contribution >= 0.6 is 0 Å². The summed E-state index contributed by atoms with van der Waals surface area (Å²) < 4.78 is 26.4. The molecule has 2 aromatic carbocycles. The highest BCUT2D eigenvalue weighted by Gasteiger charge is 2.12. The first-order valence-electron chi connectivity index (χ1n) is 9.51. The van der Waals surface area contributed by atoms with Crippen molar-refractivity contribution in [3.8, 4) is 28.7 Å². The monoisotopic (exact) mass is 440 g/mol. The number of benzene rings is 2. The fraction of sp³-hybridized carbons (Fsp3) is 0.217. The molecule has 0 aliphatic rings. The van der Waals surface area contributed by atoms with Gasteiger partial charge in [-0.05, 0) is 47.5 Å². The fourth-order valence-electron chi connectivity index (χ4n) is 3.13. The summed E-state index contributed by atoms with van der Waals surface area (Å²) in [6.07, 6.45) is 3.05. The van der Waals surface area contributed by atoms with Crippen LogP contribution in [-0.2, 0) is 0 Å². The molecular weight excluding hydrogens is 416 g/mol.